The molecule has 0 fully saturated rings. The second kappa shape index (κ2) is 6.00. The normalized spacial score (nSPS) is 10.8. The molecule has 0 saturated carbocycles. The molecule has 1 aromatic carbocycles. The molecule has 0 unspecified atom stereocenters. The van der Waals surface area contributed by atoms with Crippen molar-refractivity contribution in [2.24, 2.45) is 0 Å². The van der Waals surface area contributed by atoms with Crippen molar-refractivity contribution in [1.82, 2.24) is 14.8 Å². The number of rotatable bonds is 4. The Labute approximate surface area is 137 Å². The summed E-state index contributed by atoms with van der Waals surface area (Å²) in [7, 11) is 0. The Morgan fingerprint density at radius 2 is 2.00 bits per heavy atom. The fourth-order valence-corrected chi connectivity index (χ4v) is 2.53. The van der Waals surface area contributed by atoms with E-state index in [9.17, 15) is 4.79 Å². The maximum Gasteiger partial charge on any atom is 0.291 e. The molecule has 6 heteroatoms. The summed E-state index contributed by atoms with van der Waals surface area (Å²) >= 11 is 0. The molecule has 6 nitrogen and oxygen atoms in total. The SMILES string of the molecule is O=C(Nc1cccc2cccnc12)c1ccc(Cn2cccn2)o1. The summed E-state index contributed by atoms with van der Waals surface area (Å²) in [5, 5.41) is 7.94. The van der Waals surface area contributed by atoms with Crippen LogP contribution in [0.15, 0.2) is 71.5 Å². The van der Waals surface area contributed by atoms with E-state index in [2.05, 4.69) is 15.4 Å². The highest BCUT2D eigenvalue weighted by Crippen LogP contribution is 2.21. The zero-order valence-electron chi connectivity index (χ0n) is 12.7. The van der Waals surface area contributed by atoms with Crippen LogP contribution in [0.5, 0.6) is 0 Å². The number of pyridine rings is 1. The van der Waals surface area contributed by atoms with Crippen LogP contribution in [0.25, 0.3) is 10.9 Å². The molecular weight excluding hydrogens is 304 g/mol. The lowest BCUT2D eigenvalue weighted by atomic mass is 10.2. The fourth-order valence-electron chi connectivity index (χ4n) is 2.53. The number of aromatic nitrogens is 3. The number of furan rings is 1. The number of para-hydroxylation sites is 1. The zero-order chi connectivity index (χ0) is 16.4. The first kappa shape index (κ1) is 14.2. The van der Waals surface area contributed by atoms with Gasteiger partial charge >= 0.3 is 0 Å². The van der Waals surface area contributed by atoms with Gasteiger partial charge in [0.15, 0.2) is 5.76 Å². The van der Waals surface area contributed by atoms with E-state index in [0.29, 0.717) is 18.0 Å². The number of nitrogens with one attached hydrogen (secondary N) is 1. The van der Waals surface area contributed by atoms with Crippen LogP contribution in [0.4, 0.5) is 5.69 Å². The number of nitrogens with zero attached hydrogens (tertiary/aromatic N) is 3. The van der Waals surface area contributed by atoms with Crippen LogP contribution in [0.3, 0.4) is 0 Å². The maximum atomic E-state index is 12.4. The Morgan fingerprint density at radius 1 is 1.08 bits per heavy atom. The van der Waals surface area contributed by atoms with Gasteiger partial charge in [0.2, 0.25) is 0 Å². The molecule has 1 amide bonds. The molecule has 24 heavy (non-hydrogen) atoms. The summed E-state index contributed by atoms with van der Waals surface area (Å²) in [5.41, 5.74) is 1.40. The summed E-state index contributed by atoms with van der Waals surface area (Å²) < 4.78 is 7.34. The average molecular weight is 318 g/mol. The largest absolute Gasteiger partial charge is 0.454 e. The molecule has 0 aliphatic rings. The molecule has 0 radical (unpaired) electrons. The van der Waals surface area contributed by atoms with Gasteiger partial charge in [0.05, 0.1) is 17.7 Å². The summed E-state index contributed by atoms with van der Waals surface area (Å²) in [6.45, 7) is 0.482. The number of carbonyl (C=O) groups is 1. The second-order valence-electron chi connectivity index (χ2n) is 5.30. The first-order chi connectivity index (χ1) is 11.8. The summed E-state index contributed by atoms with van der Waals surface area (Å²) in [5.74, 6) is 0.616. The highest BCUT2D eigenvalue weighted by atomic mass is 16.4. The molecule has 4 rings (SSSR count). The van der Waals surface area contributed by atoms with Crippen molar-refractivity contribution in [2.75, 3.05) is 5.32 Å². The number of amides is 1. The third kappa shape index (κ3) is 2.77. The van der Waals surface area contributed by atoms with E-state index in [1.165, 1.54) is 0 Å². The topological polar surface area (TPSA) is 73.0 Å². The molecule has 0 spiro atoms. The van der Waals surface area contributed by atoms with Gasteiger partial charge in [-0.15, -0.1) is 0 Å². The van der Waals surface area contributed by atoms with Crippen molar-refractivity contribution >= 4 is 22.5 Å². The Balaban J connectivity index is 1.55. The third-order valence-electron chi connectivity index (χ3n) is 3.64. The number of benzene rings is 1. The lowest BCUT2D eigenvalue weighted by Crippen LogP contribution is -2.11. The number of carbonyl (C=O) groups excluding carboxylic acids is 1. The minimum absolute atomic E-state index is 0.255. The Bertz CT molecular complexity index is 984. The Hall–Kier alpha value is -3.41. The number of hydrogen-bond acceptors (Lipinski definition) is 4. The highest BCUT2D eigenvalue weighted by Gasteiger charge is 2.13. The Morgan fingerprint density at radius 3 is 2.88 bits per heavy atom. The number of anilines is 1. The first-order valence-corrected chi connectivity index (χ1v) is 7.51. The summed E-state index contributed by atoms with van der Waals surface area (Å²) in [6.07, 6.45) is 5.24. The molecule has 0 atom stereocenters. The van der Waals surface area contributed by atoms with Gasteiger partial charge in [-0.2, -0.15) is 5.10 Å². The van der Waals surface area contributed by atoms with E-state index >= 15 is 0 Å². The summed E-state index contributed by atoms with van der Waals surface area (Å²) in [6, 6.07) is 14.7. The first-order valence-electron chi connectivity index (χ1n) is 7.51. The summed E-state index contributed by atoms with van der Waals surface area (Å²) in [4.78, 5) is 16.7. The van der Waals surface area contributed by atoms with Gasteiger partial charge in [-0.1, -0.05) is 18.2 Å². The van der Waals surface area contributed by atoms with Crippen molar-refractivity contribution in [3.63, 3.8) is 0 Å². The molecule has 4 aromatic rings. The molecule has 0 bridgehead atoms. The minimum atomic E-state index is -0.306. The average Bonchev–Trinajstić information content (AvgIpc) is 3.28. The van der Waals surface area contributed by atoms with Crippen molar-refractivity contribution in [3.8, 4) is 0 Å². The smallest absolute Gasteiger partial charge is 0.291 e. The minimum Gasteiger partial charge on any atom is -0.454 e. The van der Waals surface area contributed by atoms with Crippen LogP contribution in [-0.2, 0) is 6.54 Å². The van der Waals surface area contributed by atoms with Gasteiger partial charge in [0.25, 0.3) is 5.91 Å². The Kier molecular flexibility index (Phi) is 3.55. The van der Waals surface area contributed by atoms with Gasteiger partial charge in [-0.25, -0.2) is 0 Å². The molecule has 3 heterocycles. The van der Waals surface area contributed by atoms with Crippen LogP contribution in [-0.4, -0.2) is 20.7 Å². The van der Waals surface area contributed by atoms with Gasteiger partial charge in [-0.3, -0.25) is 14.5 Å². The van der Waals surface area contributed by atoms with E-state index in [1.54, 1.807) is 29.2 Å². The molecule has 118 valence electrons. The third-order valence-corrected chi connectivity index (χ3v) is 3.64. The van der Waals surface area contributed by atoms with Gasteiger partial charge in [0.1, 0.15) is 5.76 Å². The van der Waals surface area contributed by atoms with Gasteiger partial charge in [-0.05, 0) is 30.3 Å². The monoisotopic (exact) mass is 318 g/mol. The van der Waals surface area contributed by atoms with Gasteiger partial charge < -0.3 is 9.73 Å². The van der Waals surface area contributed by atoms with E-state index < -0.39 is 0 Å². The highest BCUT2D eigenvalue weighted by molar-refractivity contribution is 6.06. The van der Waals surface area contributed by atoms with Crippen LogP contribution in [0, 0.1) is 0 Å². The van der Waals surface area contributed by atoms with E-state index in [-0.39, 0.29) is 11.7 Å². The van der Waals surface area contributed by atoms with E-state index in [0.717, 1.165) is 10.9 Å². The van der Waals surface area contributed by atoms with Gasteiger partial charge in [0, 0.05) is 24.0 Å². The predicted octanol–water partition coefficient (Wildman–Crippen LogP) is 3.32. The van der Waals surface area contributed by atoms with Crippen LogP contribution < -0.4 is 5.32 Å². The second-order valence-corrected chi connectivity index (χ2v) is 5.30. The molecule has 0 aliphatic carbocycles. The lowest BCUT2D eigenvalue weighted by molar-refractivity contribution is 0.0995. The molecule has 1 N–H and O–H groups in total. The quantitative estimate of drug-likeness (QED) is 0.626. The predicted molar refractivity (Wildman–Crippen MR) is 89.7 cm³/mol. The van der Waals surface area contributed by atoms with Crippen molar-refractivity contribution in [3.05, 3.63) is 78.6 Å². The molecule has 0 aliphatic heterocycles. The molecule has 0 saturated heterocycles. The zero-order valence-corrected chi connectivity index (χ0v) is 12.7. The molecule has 3 aromatic heterocycles. The fraction of sp³-hybridized carbons (Fsp3) is 0.0556. The van der Waals surface area contributed by atoms with E-state index in [4.69, 9.17) is 4.42 Å². The van der Waals surface area contributed by atoms with E-state index in [1.807, 2.05) is 42.6 Å². The van der Waals surface area contributed by atoms with Crippen LogP contribution in [0.1, 0.15) is 16.3 Å². The van der Waals surface area contributed by atoms with Crippen molar-refractivity contribution < 1.29 is 9.21 Å². The lowest BCUT2D eigenvalue weighted by Gasteiger charge is -2.06. The number of hydrogen-bond donors (Lipinski definition) is 1. The number of fused-ring (bicyclic) bond motifs is 1. The standard InChI is InChI=1S/C18H14N4O2/c23-18(16-8-7-14(24-16)12-22-11-3-10-20-22)21-15-6-1-4-13-5-2-9-19-17(13)15/h1-11H,12H2,(H,21,23). The molecular formula is C18H14N4O2. The van der Waals surface area contributed by atoms with Crippen molar-refractivity contribution in [2.45, 2.75) is 6.54 Å². The van der Waals surface area contributed by atoms with Crippen LogP contribution in [0.2, 0.25) is 0 Å². The van der Waals surface area contributed by atoms with Crippen LogP contribution >= 0.6 is 0 Å². The maximum absolute atomic E-state index is 12.4. The van der Waals surface area contributed by atoms with Crippen molar-refractivity contribution in [1.29, 1.82) is 0 Å².